The van der Waals surface area contributed by atoms with E-state index in [-0.39, 0.29) is 0 Å². The second-order valence-electron chi connectivity index (χ2n) is 4.96. The number of benzene rings is 2. The van der Waals surface area contributed by atoms with Gasteiger partial charge < -0.3 is 4.57 Å². The Hall–Kier alpha value is -0.980. The van der Waals surface area contributed by atoms with Crippen LogP contribution in [-0.2, 0) is 4.57 Å². The van der Waals surface area contributed by atoms with Crippen LogP contribution < -0.4 is 5.30 Å². The zero-order chi connectivity index (χ0) is 13.9. The van der Waals surface area contributed by atoms with Gasteiger partial charge in [0.15, 0.2) is 6.34 Å². The highest BCUT2D eigenvalue weighted by Crippen LogP contribution is 2.58. The summed E-state index contributed by atoms with van der Waals surface area (Å²) in [6.45, 7) is 6.16. The third-order valence-electron chi connectivity index (χ3n) is 3.02. The molecular weight excluding hydrogens is 271 g/mol. The van der Waals surface area contributed by atoms with Crippen LogP contribution in [0.4, 0.5) is 0 Å². The van der Waals surface area contributed by atoms with Crippen LogP contribution in [-0.4, -0.2) is 6.66 Å². The molecule has 0 fully saturated rings. The quantitative estimate of drug-likeness (QED) is 0.726. The molecule has 2 aromatic rings. The van der Waals surface area contributed by atoms with Gasteiger partial charge in [-0.05, 0) is 23.6 Å². The minimum atomic E-state index is -2.44. The summed E-state index contributed by atoms with van der Waals surface area (Å²) in [6, 6.07) is 18.1. The molecule has 0 amide bonds. The lowest BCUT2D eigenvalue weighted by Crippen LogP contribution is -2.10. The normalized spacial score (nSPS) is 14.3. The van der Waals surface area contributed by atoms with Gasteiger partial charge in [0.05, 0.1) is 0 Å². The van der Waals surface area contributed by atoms with E-state index in [2.05, 4.69) is 19.9 Å². The lowest BCUT2D eigenvalue weighted by molar-refractivity contribution is 0.593. The zero-order valence-electron chi connectivity index (χ0n) is 11.5. The third-order valence-corrected chi connectivity index (χ3v) is 7.40. The molecule has 1 atom stereocenters. The van der Waals surface area contributed by atoms with Crippen molar-refractivity contribution < 1.29 is 4.57 Å². The van der Waals surface area contributed by atoms with Gasteiger partial charge in [0.25, 0.3) is 0 Å². The van der Waals surface area contributed by atoms with Crippen LogP contribution in [0.1, 0.15) is 25.3 Å². The molecule has 0 N–H and O–H groups in total. The van der Waals surface area contributed by atoms with Crippen molar-refractivity contribution in [3.05, 3.63) is 60.2 Å². The Bertz CT molecular complexity index is 593. The fourth-order valence-corrected chi connectivity index (χ4v) is 6.38. The van der Waals surface area contributed by atoms with E-state index >= 15 is 0 Å². The van der Waals surface area contributed by atoms with Crippen molar-refractivity contribution in [1.82, 2.24) is 0 Å². The van der Waals surface area contributed by atoms with Crippen molar-refractivity contribution in [2.24, 2.45) is 0 Å². The van der Waals surface area contributed by atoms with E-state index in [1.54, 1.807) is 0 Å². The fourth-order valence-electron chi connectivity index (χ4n) is 2.08. The first-order valence-corrected chi connectivity index (χ1v) is 10.00. The van der Waals surface area contributed by atoms with Crippen molar-refractivity contribution in [1.29, 1.82) is 0 Å². The summed E-state index contributed by atoms with van der Waals surface area (Å²) < 4.78 is 13.1. The molecule has 0 aliphatic rings. The number of rotatable bonds is 4. The summed E-state index contributed by atoms with van der Waals surface area (Å²) in [4.78, 5) is 1.06. The molecule has 0 heterocycles. The first-order chi connectivity index (χ1) is 9.00. The van der Waals surface area contributed by atoms with Crippen LogP contribution in [0.2, 0.25) is 0 Å². The van der Waals surface area contributed by atoms with E-state index in [1.165, 1.54) is 16.9 Å². The molecule has 0 radical (unpaired) electrons. The number of hydrogen-bond acceptors (Lipinski definition) is 2. The van der Waals surface area contributed by atoms with E-state index in [1.807, 2.05) is 55.2 Å². The van der Waals surface area contributed by atoms with Crippen LogP contribution in [0.25, 0.3) is 0 Å². The summed E-state index contributed by atoms with van der Waals surface area (Å²) >= 11 is 1.49. The van der Waals surface area contributed by atoms with Crippen molar-refractivity contribution in [3.63, 3.8) is 0 Å². The van der Waals surface area contributed by atoms with E-state index in [0.29, 0.717) is 5.92 Å². The van der Waals surface area contributed by atoms with Gasteiger partial charge in [-0.2, -0.15) is 0 Å². The lowest BCUT2D eigenvalue weighted by Gasteiger charge is -2.18. The molecule has 0 saturated carbocycles. The van der Waals surface area contributed by atoms with Crippen molar-refractivity contribution in [2.75, 3.05) is 6.66 Å². The third kappa shape index (κ3) is 3.52. The monoisotopic (exact) mass is 290 g/mol. The Balaban J connectivity index is 2.37. The predicted octanol–water partition coefficient (Wildman–Crippen LogP) is 5.14. The second kappa shape index (κ2) is 5.98. The summed E-state index contributed by atoms with van der Waals surface area (Å²) in [5, 5.41) is 0.999. The smallest absolute Gasteiger partial charge is 0.168 e. The number of hydrogen-bond donors (Lipinski definition) is 0. The molecule has 0 saturated heterocycles. The Morgan fingerprint density at radius 2 is 1.53 bits per heavy atom. The SMILES string of the molecule is CC(C)c1ccccc1P(C)(=O)Sc1ccccc1. The fraction of sp³-hybridized carbons (Fsp3) is 0.250. The topological polar surface area (TPSA) is 17.1 Å². The molecule has 0 aromatic heterocycles. The van der Waals surface area contributed by atoms with Crippen molar-refractivity contribution in [3.8, 4) is 0 Å². The van der Waals surface area contributed by atoms with Gasteiger partial charge in [-0.1, -0.05) is 67.7 Å². The molecule has 0 aliphatic heterocycles. The van der Waals surface area contributed by atoms with Crippen LogP contribution in [0.15, 0.2) is 59.5 Å². The summed E-state index contributed by atoms with van der Waals surface area (Å²) in [5.41, 5.74) is 1.19. The van der Waals surface area contributed by atoms with Crippen LogP contribution in [0, 0.1) is 0 Å². The van der Waals surface area contributed by atoms with E-state index < -0.39 is 6.34 Å². The van der Waals surface area contributed by atoms with Gasteiger partial charge in [-0.3, -0.25) is 0 Å². The molecule has 1 unspecified atom stereocenters. The Labute approximate surface area is 119 Å². The Kier molecular flexibility index (Phi) is 4.54. The maximum atomic E-state index is 13.1. The van der Waals surface area contributed by atoms with Crippen LogP contribution >= 0.6 is 17.7 Å². The largest absolute Gasteiger partial charge is 0.307 e. The van der Waals surface area contributed by atoms with E-state index in [0.717, 1.165) is 10.2 Å². The molecule has 3 heteroatoms. The molecule has 0 aliphatic carbocycles. The summed E-state index contributed by atoms with van der Waals surface area (Å²) in [7, 11) is 0. The maximum Gasteiger partial charge on any atom is 0.168 e. The van der Waals surface area contributed by atoms with Crippen molar-refractivity contribution in [2.45, 2.75) is 24.7 Å². The molecule has 2 rings (SSSR count). The molecule has 2 aromatic carbocycles. The Morgan fingerprint density at radius 1 is 0.947 bits per heavy atom. The highest BCUT2D eigenvalue weighted by atomic mass is 32.7. The highest BCUT2D eigenvalue weighted by Gasteiger charge is 2.23. The van der Waals surface area contributed by atoms with Gasteiger partial charge >= 0.3 is 0 Å². The van der Waals surface area contributed by atoms with Crippen LogP contribution in [0.5, 0.6) is 0 Å². The molecule has 19 heavy (non-hydrogen) atoms. The van der Waals surface area contributed by atoms with Gasteiger partial charge in [0.1, 0.15) is 0 Å². The minimum absolute atomic E-state index is 0.390. The minimum Gasteiger partial charge on any atom is -0.307 e. The molecule has 100 valence electrons. The average molecular weight is 290 g/mol. The van der Waals surface area contributed by atoms with E-state index in [4.69, 9.17) is 0 Å². The lowest BCUT2D eigenvalue weighted by atomic mass is 10.0. The highest BCUT2D eigenvalue weighted by molar-refractivity contribution is 8.60. The first kappa shape index (κ1) is 14.4. The van der Waals surface area contributed by atoms with Crippen LogP contribution in [0.3, 0.4) is 0 Å². The predicted molar refractivity (Wildman–Crippen MR) is 86.0 cm³/mol. The second-order valence-corrected chi connectivity index (χ2v) is 10.4. The van der Waals surface area contributed by atoms with Gasteiger partial charge in [0.2, 0.25) is 0 Å². The van der Waals surface area contributed by atoms with Gasteiger partial charge in [0, 0.05) is 16.9 Å². The maximum absolute atomic E-state index is 13.1. The van der Waals surface area contributed by atoms with Gasteiger partial charge in [-0.15, -0.1) is 0 Å². The summed E-state index contributed by atoms with van der Waals surface area (Å²) in [5.74, 6) is 0.390. The summed E-state index contributed by atoms with van der Waals surface area (Å²) in [6.07, 6.45) is -2.44. The van der Waals surface area contributed by atoms with Gasteiger partial charge in [-0.25, -0.2) is 0 Å². The first-order valence-electron chi connectivity index (χ1n) is 6.42. The van der Waals surface area contributed by atoms with E-state index in [9.17, 15) is 4.57 Å². The molecule has 0 bridgehead atoms. The Morgan fingerprint density at radius 3 is 2.16 bits per heavy atom. The average Bonchev–Trinajstić information content (AvgIpc) is 2.39. The molecule has 1 nitrogen and oxygen atoms in total. The zero-order valence-corrected chi connectivity index (χ0v) is 13.2. The molecule has 0 spiro atoms. The molecular formula is C16H19OPS. The van der Waals surface area contributed by atoms with Crippen molar-refractivity contribution >= 4 is 23.0 Å². The standard InChI is InChI=1S/C16H19OPS/c1-13(2)15-11-7-8-12-16(15)18(3,17)19-14-9-5-4-6-10-14/h4-13H,1-3H3.